The minimum atomic E-state index is -0.525. The molecule has 0 aliphatic carbocycles. The molecule has 2 rings (SSSR count). The van der Waals surface area contributed by atoms with Crippen LogP contribution in [0, 0.1) is 5.82 Å². The van der Waals surface area contributed by atoms with Crippen LogP contribution in [0.2, 0.25) is 5.28 Å². The van der Waals surface area contributed by atoms with Gasteiger partial charge in [0.1, 0.15) is 16.4 Å². The van der Waals surface area contributed by atoms with Gasteiger partial charge in [0.25, 0.3) is 0 Å². The summed E-state index contributed by atoms with van der Waals surface area (Å²) in [6.45, 7) is 0. The van der Waals surface area contributed by atoms with Gasteiger partial charge in [-0.05, 0) is 29.4 Å². The van der Waals surface area contributed by atoms with Crippen LogP contribution in [0.5, 0.6) is 0 Å². The van der Waals surface area contributed by atoms with E-state index in [1.165, 1.54) is 6.33 Å². The van der Waals surface area contributed by atoms with E-state index >= 15 is 0 Å². The van der Waals surface area contributed by atoms with Crippen LogP contribution in [0.15, 0.2) is 34.8 Å². The second kappa shape index (κ2) is 4.50. The lowest BCUT2D eigenvalue weighted by molar-refractivity contribution is 0.578. The Labute approximate surface area is 94.0 Å². The van der Waals surface area contributed by atoms with Gasteiger partial charge in [-0.3, -0.25) is 0 Å². The largest absolute Gasteiger partial charge is 0.245 e. The standard InChI is InChI=1S/C8H4ClFN4S/c9-8-12-3-5(10)7(14-8)15-6-1-2-11-4-13-6/h1-4H. The van der Waals surface area contributed by atoms with Crippen molar-refractivity contribution in [2.24, 2.45) is 0 Å². The predicted molar refractivity (Wildman–Crippen MR) is 53.2 cm³/mol. The highest BCUT2D eigenvalue weighted by Crippen LogP contribution is 2.26. The molecule has 2 aromatic heterocycles. The maximum atomic E-state index is 13.2. The van der Waals surface area contributed by atoms with Crippen LogP contribution < -0.4 is 0 Å². The summed E-state index contributed by atoms with van der Waals surface area (Å²) in [6.07, 6.45) is 3.97. The van der Waals surface area contributed by atoms with Gasteiger partial charge in [0.05, 0.1) is 6.20 Å². The summed E-state index contributed by atoms with van der Waals surface area (Å²) in [6, 6.07) is 1.65. The van der Waals surface area contributed by atoms with Crippen molar-refractivity contribution in [3.63, 3.8) is 0 Å². The predicted octanol–water partition coefficient (Wildman–Crippen LogP) is 2.21. The number of halogens is 2. The summed E-state index contributed by atoms with van der Waals surface area (Å²) in [5.74, 6) is -0.525. The lowest BCUT2D eigenvalue weighted by atomic mass is 10.6. The molecule has 0 aliphatic heterocycles. The minimum absolute atomic E-state index is 0.00737. The van der Waals surface area contributed by atoms with Gasteiger partial charge in [0.2, 0.25) is 5.28 Å². The van der Waals surface area contributed by atoms with Crippen molar-refractivity contribution in [3.8, 4) is 0 Å². The molecule has 2 aromatic rings. The molecule has 7 heteroatoms. The fraction of sp³-hybridized carbons (Fsp3) is 0. The summed E-state index contributed by atoms with van der Waals surface area (Å²) in [5, 5.41) is 0.750. The van der Waals surface area contributed by atoms with Crippen LogP contribution in [-0.2, 0) is 0 Å². The molecule has 0 saturated heterocycles. The second-order valence-electron chi connectivity index (χ2n) is 2.44. The first-order chi connectivity index (χ1) is 7.25. The van der Waals surface area contributed by atoms with E-state index in [9.17, 15) is 4.39 Å². The van der Waals surface area contributed by atoms with Crippen LogP contribution in [0.1, 0.15) is 0 Å². The quantitative estimate of drug-likeness (QED) is 0.597. The molecule has 0 bridgehead atoms. The Morgan fingerprint density at radius 2 is 2.20 bits per heavy atom. The monoisotopic (exact) mass is 242 g/mol. The lowest BCUT2D eigenvalue weighted by Crippen LogP contribution is -1.91. The van der Waals surface area contributed by atoms with Crippen molar-refractivity contribution in [3.05, 3.63) is 35.9 Å². The fourth-order valence-corrected chi connectivity index (χ4v) is 1.73. The average Bonchev–Trinajstić information content (AvgIpc) is 2.25. The Morgan fingerprint density at radius 1 is 1.33 bits per heavy atom. The molecule has 0 aromatic carbocycles. The SMILES string of the molecule is Fc1cnc(Cl)nc1Sc1ccncn1. The van der Waals surface area contributed by atoms with Crippen LogP contribution in [0.3, 0.4) is 0 Å². The smallest absolute Gasteiger partial charge is 0.223 e. The molecular formula is C8H4ClFN4S. The molecule has 0 atom stereocenters. The van der Waals surface area contributed by atoms with E-state index in [1.807, 2.05) is 0 Å². The third-order valence-electron chi connectivity index (χ3n) is 1.44. The number of hydrogen-bond acceptors (Lipinski definition) is 5. The van der Waals surface area contributed by atoms with Crippen LogP contribution in [0.25, 0.3) is 0 Å². The summed E-state index contributed by atoms with van der Waals surface area (Å²) >= 11 is 6.61. The van der Waals surface area contributed by atoms with Crippen LogP contribution in [-0.4, -0.2) is 19.9 Å². The molecule has 0 radical (unpaired) electrons. The molecule has 0 fully saturated rings. The summed E-state index contributed by atoms with van der Waals surface area (Å²) < 4.78 is 13.2. The highest BCUT2D eigenvalue weighted by atomic mass is 35.5. The highest BCUT2D eigenvalue weighted by Gasteiger charge is 2.08. The summed E-state index contributed by atoms with van der Waals surface area (Å²) in [5.41, 5.74) is 0. The highest BCUT2D eigenvalue weighted by molar-refractivity contribution is 7.99. The number of aromatic nitrogens is 4. The molecule has 76 valence electrons. The van der Waals surface area contributed by atoms with Crippen LogP contribution >= 0.6 is 23.4 Å². The van der Waals surface area contributed by atoms with Gasteiger partial charge in [0, 0.05) is 6.20 Å². The first-order valence-corrected chi connectivity index (χ1v) is 5.07. The number of rotatable bonds is 2. The topological polar surface area (TPSA) is 51.6 Å². The van der Waals surface area contributed by atoms with Gasteiger partial charge >= 0.3 is 0 Å². The van der Waals surface area contributed by atoms with Gasteiger partial charge < -0.3 is 0 Å². The summed E-state index contributed by atoms with van der Waals surface area (Å²) in [4.78, 5) is 14.9. The average molecular weight is 243 g/mol. The fourth-order valence-electron chi connectivity index (χ4n) is 0.841. The Morgan fingerprint density at radius 3 is 2.93 bits per heavy atom. The van der Waals surface area contributed by atoms with Gasteiger partial charge in [-0.15, -0.1) is 0 Å². The molecule has 0 N–H and O–H groups in total. The maximum absolute atomic E-state index is 13.2. The molecule has 2 heterocycles. The van der Waals surface area contributed by atoms with Crippen LogP contribution in [0.4, 0.5) is 4.39 Å². The first kappa shape index (κ1) is 10.3. The number of nitrogens with zero attached hydrogens (tertiary/aromatic N) is 4. The Balaban J connectivity index is 2.28. The Hall–Kier alpha value is -1.27. The van der Waals surface area contributed by atoms with E-state index in [4.69, 9.17) is 11.6 Å². The first-order valence-electron chi connectivity index (χ1n) is 3.87. The van der Waals surface area contributed by atoms with Gasteiger partial charge in [-0.2, -0.15) is 0 Å². The Kier molecular flexibility index (Phi) is 3.08. The van der Waals surface area contributed by atoms with E-state index in [-0.39, 0.29) is 10.3 Å². The van der Waals surface area contributed by atoms with Crippen molar-refractivity contribution in [1.29, 1.82) is 0 Å². The van der Waals surface area contributed by atoms with E-state index in [0.717, 1.165) is 18.0 Å². The van der Waals surface area contributed by atoms with Gasteiger partial charge in [-0.1, -0.05) is 0 Å². The molecule has 0 amide bonds. The zero-order valence-electron chi connectivity index (χ0n) is 7.26. The van der Waals surface area contributed by atoms with E-state index in [0.29, 0.717) is 5.03 Å². The van der Waals surface area contributed by atoms with Gasteiger partial charge in [-0.25, -0.2) is 24.3 Å². The van der Waals surface area contributed by atoms with Gasteiger partial charge in [0.15, 0.2) is 5.82 Å². The minimum Gasteiger partial charge on any atom is -0.245 e. The van der Waals surface area contributed by atoms with E-state index in [1.54, 1.807) is 12.3 Å². The van der Waals surface area contributed by atoms with E-state index < -0.39 is 5.82 Å². The molecule has 0 saturated carbocycles. The Bertz CT molecular complexity index is 467. The maximum Gasteiger partial charge on any atom is 0.223 e. The van der Waals surface area contributed by atoms with Crippen molar-refractivity contribution in [2.45, 2.75) is 10.1 Å². The third-order valence-corrected chi connectivity index (χ3v) is 2.55. The lowest BCUT2D eigenvalue weighted by Gasteiger charge is -2.00. The second-order valence-corrected chi connectivity index (χ2v) is 3.79. The van der Waals surface area contributed by atoms with E-state index in [2.05, 4.69) is 19.9 Å². The molecule has 4 nitrogen and oxygen atoms in total. The normalized spacial score (nSPS) is 10.3. The van der Waals surface area contributed by atoms with Crippen molar-refractivity contribution < 1.29 is 4.39 Å². The molecule has 0 unspecified atom stereocenters. The zero-order chi connectivity index (χ0) is 10.7. The van der Waals surface area contributed by atoms with Crippen molar-refractivity contribution >= 4 is 23.4 Å². The van der Waals surface area contributed by atoms with Crippen molar-refractivity contribution in [2.75, 3.05) is 0 Å². The number of hydrogen-bond donors (Lipinski definition) is 0. The van der Waals surface area contributed by atoms with Crippen molar-refractivity contribution in [1.82, 2.24) is 19.9 Å². The molecule has 15 heavy (non-hydrogen) atoms. The molecule has 0 aliphatic rings. The molecule has 0 spiro atoms. The zero-order valence-corrected chi connectivity index (χ0v) is 8.83. The molecular weight excluding hydrogens is 239 g/mol. The summed E-state index contributed by atoms with van der Waals surface area (Å²) in [7, 11) is 0. The third kappa shape index (κ3) is 2.60.